The van der Waals surface area contributed by atoms with Crippen molar-refractivity contribution in [2.24, 2.45) is 0 Å². The lowest BCUT2D eigenvalue weighted by molar-refractivity contribution is -0.113. The van der Waals surface area contributed by atoms with E-state index in [1.165, 1.54) is 16.4 Å². The van der Waals surface area contributed by atoms with Gasteiger partial charge in [0, 0.05) is 17.0 Å². The van der Waals surface area contributed by atoms with Crippen LogP contribution in [0.5, 0.6) is 0 Å². The summed E-state index contributed by atoms with van der Waals surface area (Å²) in [6.07, 6.45) is 0. The molecule has 0 saturated carbocycles. The number of nitrogens with zero attached hydrogens (tertiary/aromatic N) is 5. The number of thioether (sulfide) groups is 1. The van der Waals surface area contributed by atoms with Crippen molar-refractivity contribution in [1.29, 1.82) is 0 Å². The van der Waals surface area contributed by atoms with E-state index in [0.717, 1.165) is 16.9 Å². The number of para-hydroxylation sites is 1. The predicted octanol–water partition coefficient (Wildman–Crippen LogP) is 3.87. The number of anilines is 1. The number of aromatic nitrogens is 5. The van der Waals surface area contributed by atoms with E-state index in [4.69, 9.17) is 10.9 Å². The van der Waals surface area contributed by atoms with E-state index in [0.29, 0.717) is 16.8 Å². The van der Waals surface area contributed by atoms with Crippen LogP contribution >= 0.6 is 11.8 Å². The molecule has 4 aromatic rings. The lowest BCUT2D eigenvalue weighted by atomic mass is 9.96. The van der Waals surface area contributed by atoms with Gasteiger partial charge in [-0.1, -0.05) is 81.1 Å². The van der Waals surface area contributed by atoms with Crippen molar-refractivity contribution in [1.82, 2.24) is 24.7 Å². The Kier molecular flexibility index (Phi) is 6.00. The molecular weight excluding hydrogens is 422 g/mol. The topological polar surface area (TPSA) is 104 Å². The van der Waals surface area contributed by atoms with Crippen molar-refractivity contribution < 1.29 is 4.79 Å². The minimum absolute atomic E-state index is 0.139. The molecule has 0 fully saturated rings. The van der Waals surface area contributed by atoms with Gasteiger partial charge in [0.15, 0.2) is 5.82 Å². The summed E-state index contributed by atoms with van der Waals surface area (Å²) >= 11 is 1.24. The molecule has 2 heterocycles. The number of amides is 1. The molecule has 0 saturated heterocycles. The van der Waals surface area contributed by atoms with Crippen LogP contribution in [0.1, 0.15) is 26.6 Å². The fourth-order valence-electron chi connectivity index (χ4n) is 3.18. The molecule has 2 aromatic heterocycles. The summed E-state index contributed by atoms with van der Waals surface area (Å²) in [6.45, 7) is 6.03. The Morgan fingerprint density at radius 1 is 1.03 bits per heavy atom. The minimum atomic E-state index is -0.237. The number of nitrogen functional groups attached to an aromatic ring is 1. The number of rotatable bonds is 6. The second-order valence-corrected chi connectivity index (χ2v) is 9.23. The van der Waals surface area contributed by atoms with Crippen molar-refractivity contribution in [2.45, 2.75) is 31.3 Å². The number of nitrogens with two attached hydrogens (primary N) is 1. The number of benzene rings is 2. The second kappa shape index (κ2) is 8.88. The van der Waals surface area contributed by atoms with Gasteiger partial charge in [-0.05, 0) is 12.1 Å². The molecular formula is C23H25N7OS. The van der Waals surface area contributed by atoms with E-state index >= 15 is 0 Å². The van der Waals surface area contributed by atoms with Crippen molar-refractivity contribution in [3.05, 3.63) is 72.6 Å². The molecule has 1 amide bonds. The van der Waals surface area contributed by atoms with Crippen LogP contribution in [0.25, 0.3) is 16.9 Å². The Morgan fingerprint density at radius 3 is 2.31 bits per heavy atom. The van der Waals surface area contributed by atoms with Crippen LogP contribution < -0.4 is 11.2 Å². The molecule has 0 unspecified atom stereocenters. The van der Waals surface area contributed by atoms with Crippen LogP contribution in [0.4, 0.5) is 5.82 Å². The first kappa shape index (κ1) is 21.6. The lowest BCUT2D eigenvalue weighted by Gasteiger charge is -2.16. The molecule has 9 heteroatoms. The molecule has 0 atom stereocenters. The van der Waals surface area contributed by atoms with Gasteiger partial charge in [-0.25, -0.2) is 9.36 Å². The smallest absolute Gasteiger partial charge is 0.236 e. The van der Waals surface area contributed by atoms with Gasteiger partial charge in [0.2, 0.25) is 11.1 Å². The first-order chi connectivity index (χ1) is 15.3. The van der Waals surface area contributed by atoms with Crippen molar-refractivity contribution in [2.75, 3.05) is 16.9 Å². The van der Waals surface area contributed by atoms with Crippen molar-refractivity contribution in [3.8, 4) is 16.9 Å². The van der Waals surface area contributed by atoms with E-state index in [1.807, 2.05) is 87.5 Å². The fourth-order valence-corrected chi connectivity index (χ4v) is 3.84. The molecule has 3 N–H and O–H groups in total. The molecule has 0 aliphatic rings. The fraction of sp³-hybridized carbons (Fsp3) is 0.217. The molecule has 32 heavy (non-hydrogen) atoms. The Bertz CT molecular complexity index is 1210. The zero-order valence-electron chi connectivity index (χ0n) is 18.2. The lowest BCUT2D eigenvalue weighted by Crippen LogP contribution is -2.24. The Labute approximate surface area is 190 Å². The highest BCUT2D eigenvalue weighted by Gasteiger charge is 2.23. The molecule has 0 bridgehead atoms. The number of nitrogens with one attached hydrogen (secondary N) is 1. The van der Waals surface area contributed by atoms with Crippen LogP contribution in [0.15, 0.2) is 71.9 Å². The van der Waals surface area contributed by atoms with Gasteiger partial charge < -0.3 is 11.2 Å². The van der Waals surface area contributed by atoms with Gasteiger partial charge in [0.25, 0.3) is 0 Å². The Balaban J connectivity index is 1.54. The van der Waals surface area contributed by atoms with Crippen molar-refractivity contribution in [3.63, 3.8) is 0 Å². The molecule has 4 rings (SSSR count). The second-order valence-electron chi connectivity index (χ2n) is 8.29. The van der Waals surface area contributed by atoms with E-state index in [1.54, 1.807) is 4.68 Å². The maximum Gasteiger partial charge on any atom is 0.236 e. The Morgan fingerprint density at radius 2 is 1.69 bits per heavy atom. The van der Waals surface area contributed by atoms with E-state index in [2.05, 4.69) is 15.5 Å². The van der Waals surface area contributed by atoms with E-state index in [9.17, 15) is 4.79 Å². The van der Waals surface area contributed by atoms with Crippen LogP contribution in [0.2, 0.25) is 0 Å². The van der Waals surface area contributed by atoms with Gasteiger partial charge in [0.05, 0.1) is 17.1 Å². The molecule has 0 aliphatic heterocycles. The van der Waals surface area contributed by atoms with Crippen molar-refractivity contribution >= 4 is 23.5 Å². The summed E-state index contributed by atoms with van der Waals surface area (Å²) < 4.78 is 3.17. The SMILES string of the molecule is CC(C)(C)c1nnc(SCC(=O)Nc2cc(-c3ccccc3)nn2-c2ccccc2)n1N. The highest BCUT2D eigenvalue weighted by atomic mass is 32.2. The van der Waals surface area contributed by atoms with Crippen LogP contribution in [-0.2, 0) is 10.2 Å². The standard InChI is InChI=1S/C23H25N7OS/c1-23(2,3)21-26-27-22(29(21)24)32-15-20(31)25-19-14-18(16-10-6-4-7-11-16)28-30(19)17-12-8-5-9-13-17/h4-14H,15,24H2,1-3H3,(H,25,31). The first-order valence-corrected chi connectivity index (χ1v) is 11.2. The zero-order valence-corrected chi connectivity index (χ0v) is 19.0. The quantitative estimate of drug-likeness (QED) is 0.343. The number of hydrogen-bond donors (Lipinski definition) is 2. The average molecular weight is 448 g/mol. The maximum atomic E-state index is 12.8. The molecule has 0 aliphatic carbocycles. The summed E-state index contributed by atoms with van der Waals surface area (Å²) in [6, 6.07) is 21.4. The van der Waals surface area contributed by atoms with Crippen LogP contribution in [-0.4, -0.2) is 36.3 Å². The summed E-state index contributed by atoms with van der Waals surface area (Å²) in [7, 11) is 0. The Hall–Kier alpha value is -3.59. The third-order valence-electron chi connectivity index (χ3n) is 4.71. The third-order valence-corrected chi connectivity index (χ3v) is 5.66. The van der Waals surface area contributed by atoms with Gasteiger partial charge in [-0.2, -0.15) is 5.10 Å². The van der Waals surface area contributed by atoms with Crippen LogP contribution in [0, 0.1) is 0 Å². The molecule has 8 nitrogen and oxygen atoms in total. The first-order valence-electron chi connectivity index (χ1n) is 10.2. The summed E-state index contributed by atoms with van der Waals surface area (Å²) in [5.41, 5.74) is 2.36. The summed E-state index contributed by atoms with van der Waals surface area (Å²) in [5, 5.41) is 16.5. The van der Waals surface area contributed by atoms with Gasteiger partial charge >= 0.3 is 0 Å². The van der Waals surface area contributed by atoms with Crippen LogP contribution in [0.3, 0.4) is 0 Å². The molecule has 2 aromatic carbocycles. The number of carbonyl (C=O) groups excluding carboxylic acids is 1. The maximum absolute atomic E-state index is 12.8. The van der Waals surface area contributed by atoms with E-state index < -0.39 is 0 Å². The summed E-state index contributed by atoms with van der Waals surface area (Å²) in [5.74, 6) is 7.32. The number of carbonyl (C=O) groups is 1. The summed E-state index contributed by atoms with van der Waals surface area (Å²) in [4.78, 5) is 12.8. The predicted molar refractivity (Wildman–Crippen MR) is 127 cm³/mol. The zero-order chi connectivity index (χ0) is 22.7. The molecule has 164 valence electrons. The van der Waals surface area contributed by atoms with Gasteiger partial charge in [-0.3, -0.25) is 4.79 Å². The largest absolute Gasteiger partial charge is 0.336 e. The molecule has 0 spiro atoms. The van der Waals surface area contributed by atoms with Gasteiger partial charge in [0.1, 0.15) is 5.82 Å². The number of hydrogen-bond acceptors (Lipinski definition) is 6. The molecule has 0 radical (unpaired) electrons. The normalized spacial score (nSPS) is 11.5. The van der Waals surface area contributed by atoms with Gasteiger partial charge in [-0.15, -0.1) is 10.2 Å². The minimum Gasteiger partial charge on any atom is -0.336 e. The van der Waals surface area contributed by atoms with E-state index in [-0.39, 0.29) is 17.1 Å². The highest BCUT2D eigenvalue weighted by Crippen LogP contribution is 2.26. The third kappa shape index (κ3) is 4.67. The monoisotopic (exact) mass is 447 g/mol. The average Bonchev–Trinajstić information content (AvgIpc) is 3.37. The highest BCUT2D eigenvalue weighted by molar-refractivity contribution is 7.99.